The maximum Gasteiger partial charge on any atom is 0.147 e. The summed E-state index contributed by atoms with van der Waals surface area (Å²) in [6.07, 6.45) is 2.84. The van der Waals surface area contributed by atoms with Gasteiger partial charge in [-0.2, -0.15) is 5.26 Å². The number of hydrogen-bond acceptors (Lipinski definition) is 3. The third-order valence-corrected chi connectivity index (χ3v) is 4.09. The molecular weight excluding hydrogens is 423 g/mol. The van der Waals surface area contributed by atoms with Crippen LogP contribution >= 0.6 is 22.6 Å². The Balaban J connectivity index is 2.09. The first-order valence-corrected chi connectivity index (χ1v) is 8.03. The first-order valence-electron chi connectivity index (χ1n) is 6.95. The molecule has 118 valence electrons. The molecule has 3 rings (SSSR count). The Morgan fingerprint density at radius 1 is 0.958 bits per heavy atom. The Labute approximate surface area is 151 Å². The van der Waals surface area contributed by atoms with Gasteiger partial charge >= 0.3 is 0 Å². The molecule has 0 saturated heterocycles. The van der Waals surface area contributed by atoms with Crippen molar-refractivity contribution in [2.75, 3.05) is 5.32 Å². The minimum absolute atomic E-state index is 0.202. The summed E-state index contributed by atoms with van der Waals surface area (Å²) in [6, 6.07) is 12.9. The quantitative estimate of drug-likeness (QED) is 0.575. The molecule has 0 aliphatic rings. The molecule has 0 aliphatic heterocycles. The maximum atomic E-state index is 14.0. The average molecular weight is 433 g/mol. The van der Waals surface area contributed by atoms with Gasteiger partial charge < -0.3 is 5.32 Å². The summed E-state index contributed by atoms with van der Waals surface area (Å²) in [6.45, 7) is 0. The molecule has 0 fully saturated rings. The summed E-state index contributed by atoms with van der Waals surface area (Å²) in [7, 11) is 0. The zero-order chi connectivity index (χ0) is 17.1. The molecule has 3 aromatic rings. The Kier molecular flexibility index (Phi) is 4.71. The second kappa shape index (κ2) is 6.93. The molecule has 1 heterocycles. The van der Waals surface area contributed by atoms with Crippen LogP contribution in [0.25, 0.3) is 11.1 Å². The largest absolute Gasteiger partial charge is 0.351 e. The predicted octanol–water partition coefficient (Wildman–Crippen LogP) is 5.25. The summed E-state index contributed by atoms with van der Waals surface area (Å²) in [5.41, 5.74) is 1.37. The normalized spacial score (nSPS) is 10.2. The summed E-state index contributed by atoms with van der Waals surface area (Å²) in [5, 5.41) is 12.4. The van der Waals surface area contributed by atoms with Crippen LogP contribution in [-0.2, 0) is 0 Å². The van der Waals surface area contributed by atoms with Crippen LogP contribution in [0.2, 0.25) is 0 Å². The monoisotopic (exact) mass is 433 g/mol. The van der Waals surface area contributed by atoms with E-state index in [4.69, 9.17) is 0 Å². The van der Waals surface area contributed by atoms with E-state index in [1.165, 1.54) is 24.5 Å². The Bertz CT molecular complexity index is 951. The van der Waals surface area contributed by atoms with Crippen molar-refractivity contribution in [2.45, 2.75) is 0 Å². The Morgan fingerprint density at radius 3 is 2.46 bits per heavy atom. The highest BCUT2D eigenvalue weighted by Crippen LogP contribution is 2.31. The van der Waals surface area contributed by atoms with Gasteiger partial charge in [-0.3, -0.25) is 4.98 Å². The van der Waals surface area contributed by atoms with Gasteiger partial charge in [-0.25, -0.2) is 8.78 Å². The lowest BCUT2D eigenvalue weighted by molar-refractivity contribution is 0.630. The van der Waals surface area contributed by atoms with Crippen LogP contribution in [-0.4, -0.2) is 4.98 Å². The molecule has 0 atom stereocenters. The van der Waals surface area contributed by atoms with E-state index in [2.05, 4.69) is 10.3 Å². The van der Waals surface area contributed by atoms with Crippen molar-refractivity contribution in [2.24, 2.45) is 0 Å². The van der Waals surface area contributed by atoms with Crippen LogP contribution in [0.15, 0.2) is 54.9 Å². The maximum absolute atomic E-state index is 14.0. The number of halogens is 3. The lowest BCUT2D eigenvalue weighted by atomic mass is 10.0. The van der Waals surface area contributed by atoms with E-state index in [0.29, 0.717) is 11.3 Å². The second-order valence-corrected chi connectivity index (χ2v) is 6.20. The highest BCUT2D eigenvalue weighted by Gasteiger charge is 2.15. The molecule has 1 N–H and O–H groups in total. The molecule has 0 aliphatic carbocycles. The molecule has 0 spiro atoms. The van der Waals surface area contributed by atoms with E-state index in [-0.39, 0.29) is 16.8 Å². The van der Waals surface area contributed by atoms with Gasteiger partial charge in [-0.15, -0.1) is 0 Å². The van der Waals surface area contributed by atoms with Crippen LogP contribution < -0.4 is 5.32 Å². The molecule has 6 heteroatoms. The standard InChI is InChI=1S/C18H10F2IN3/c19-15-4-2-1-3-12(15)14-9-23-10-18(13(14)8-22)24-17-6-5-11(21)7-16(17)20/h1-7,9-10,24H. The SMILES string of the molecule is N#Cc1c(Nc2ccc(I)cc2F)cncc1-c1ccccc1F. The zero-order valence-corrected chi connectivity index (χ0v) is 14.4. The van der Waals surface area contributed by atoms with Gasteiger partial charge in [-0.1, -0.05) is 18.2 Å². The average Bonchev–Trinajstić information content (AvgIpc) is 2.57. The smallest absolute Gasteiger partial charge is 0.147 e. The topological polar surface area (TPSA) is 48.7 Å². The van der Waals surface area contributed by atoms with Crippen LogP contribution in [0, 0.1) is 26.5 Å². The van der Waals surface area contributed by atoms with Crippen molar-refractivity contribution in [1.29, 1.82) is 5.26 Å². The fourth-order valence-corrected chi connectivity index (χ4v) is 2.75. The van der Waals surface area contributed by atoms with Gasteiger partial charge in [0.2, 0.25) is 0 Å². The fourth-order valence-electron chi connectivity index (χ4n) is 2.30. The number of anilines is 2. The van der Waals surface area contributed by atoms with Gasteiger partial charge in [0.15, 0.2) is 0 Å². The van der Waals surface area contributed by atoms with Crippen molar-refractivity contribution in [3.63, 3.8) is 0 Å². The molecule has 0 unspecified atom stereocenters. The number of nitrogens with zero attached hydrogens (tertiary/aromatic N) is 2. The molecule has 2 aromatic carbocycles. The van der Waals surface area contributed by atoms with E-state index in [1.54, 1.807) is 30.3 Å². The number of aromatic nitrogens is 1. The number of benzene rings is 2. The lowest BCUT2D eigenvalue weighted by Crippen LogP contribution is -2.00. The van der Waals surface area contributed by atoms with Gasteiger partial charge in [-0.05, 0) is 46.9 Å². The van der Waals surface area contributed by atoms with Crippen molar-refractivity contribution in [1.82, 2.24) is 4.98 Å². The first-order chi connectivity index (χ1) is 11.6. The van der Waals surface area contributed by atoms with E-state index in [0.717, 1.165) is 3.57 Å². The zero-order valence-electron chi connectivity index (χ0n) is 12.2. The van der Waals surface area contributed by atoms with Crippen molar-refractivity contribution < 1.29 is 8.78 Å². The summed E-state index contributed by atoms with van der Waals surface area (Å²) < 4.78 is 28.8. The third-order valence-electron chi connectivity index (χ3n) is 3.42. The minimum Gasteiger partial charge on any atom is -0.351 e. The Morgan fingerprint density at radius 2 is 1.75 bits per heavy atom. The molecule has 0 bridgehead atoms. The summed E-state index contributed by atoms with van der Waals surface area (Å²) >= 11 is 2.01. The van der Waals surface area contributed by atoms with E-state index < -0.39 is 11.6 Å². The van der Waals surface area contributed by atoms with Crippen LogP contribution in [0.1, 0.15) is 5.56 Å². The van der Waals surface area contributed by atoms with Crippen molar-refractivity contribution in [3.05, 3.63) is 75.6 Å². The lowest BCUT2D eigenvalue weighted by Gasteiger charge is -2.12. The second-order valence-electron chi connectivity index (χ2n) is 4.95. The number of nitrogens with one attached hydrogen (secondary N) is 1. The summed E-state index contributed by atoms with van der Waals surface area (Å²) in [4.78, 5) is 4.05. The van der Waals surface area contributed by atoms with Gasteiger partial charge in [0, 0.05) is 20.9 Å². The molecular formula is C18H10F2IN3. The highest BCUT2D eigenvalue weighted by atomic mass is 127. The van der Waals surface area contributed by atoms with E-state index in [1.807, 2.05) is 28.7 Å². The first kappa shape index (κ1) is 16.3. The van der Waals surface area contributed by atoms with Crippen LogP contribution in [0.5, 0.6) is 0 Å². The predicted molar refractivity (Wildman–Crippen MR) is 96.7 cm³/mol. The molecule has 3 nitrogen and oxygen atoms in total. The summed E-state index contributed by atoms with van der Waals surface area (Å²) in [5.74, 6) is -0.893. The molecule has 1 aromatic heterocycles. The van der Waals surface area contributed by atoms with Gasteiger partial charge in [0.25, 0.3) is 0 Å². The molecule has 0 saturated carbocycles. The molecule has 0 amide bonds. The van der Waals surface area contributed by atoms with Crippen molar-refractivity contribution in [3.8, 4) is 17.2 Å². The van der Waals surface area contributed by atoms with Gasteiger partial charge in [0.05, 0.1) is 23.1 Å². The van der Waals surface area contributed by atoms with E-state index >= 15 is 0 Å². The number of hydrogen-bond donors (Lipinski definition) is 1. The Hall–Kier alpha value is -2.53. The molecule has 24 heavy (non-hydrogen) atoms. The number of rotatable bonds is 3. The van der Waals surface area contributed by atoms with Gasteiger partial charge in [0.1, 0.15) is 17.7 Å². The highest BCUT2D eigenvalue weighted by molar-refractivity contribution is 14.1. The third kappa shape index (κ3) is 3.21. The number of pyridine rings is 1. The van der Waals surface area contributed by atoms with Crippen molar-refractivity contribution >= 4 is 34.0 Å². The minimum atomic E-state index is -0.451. The fraction of sp³-hybridized carbons (Fsp3) is 0. The number of nitriles is 1. The van der Waals surface area contributed by atoms with Crippen LogP contribution in [0.4, 0.5) is 20.2 Å². The van der Waals surface area contributed by atoms with Crippen LogP contribution in [0.3, 0.4) is 0 Å². The van der Waals surface area contributed by atoms with E-state index in [9.17, 15) is 14.0 Å². The molecule has 0 radical (unpaired) electrons.